The zero-order chi connectivity index (χ0) is 17.9. The smallest absolute Gasteiger partial charge is 0.315 e. The average Bonchev–Trinajstić information content (AvgIpc) is 2.35. The minimum Gasteiger partial charge on any atom is -0.315 e. The molecule has 122 valence electrons. The number of anilines is 2. The third-order valence-corrected chi connectivity index (χ3v) is 2.44. The predicted molar refractivity (Wildman–Crippen MR) is 75.0 cm³/mol. The van der Waals surface area contributed by atoms with Gasteiger partial charge < -0.3 is 10.6 Å². The first-order valence-electron chi connectivity index (χ1n) is 5.75. The largest absolute Gasteiger partial charge is 0.330 e. The summed E-state index contributed by atoms with van der Waals surface area (Å²) in [6.45, 7) is 1.87. The molecule has 0 aromatic heterocycles. The number of amides is 2. The minimum atomic E-state index is -1.17. The van der Waals surface area contributed by atoms with Gasteiger partial charge in [0.15, 0.2) is 0 Å². The van der Waals surface area contributed by atoms with E-state index >= 15 is 0 Å². The lowest BCUT2D eigenvalue weighted by Gasteiger charge is -2.10. The van der Waals surface area contributed by atoms with Crippen molar-refractivity contribution in [3.8, 4) is 0 Å². The number of nitro benzene ring substituents is 3. The number of nitro groups is 3. The van der Waals surface area contributed by atoms with Crippen LogP contribution in [0.2, 0.25) is 0 Å². The second kappa shape index (κ2) is 6.42. The molecule has 13 nitrogen and oxygen atoms in total. The Morgan fingerprint density at radius 1 is 0.826 bits per heavy atom. The normalized spacial score (nSPS) is 9.83. The van der Waals surface area contributed by atoms with Crippen molar-refractivity contribution >= 4 is 40.3 Å². The van der Waals surface area contributed by atoms with Crippen LogP contribution in [0.15, 0.2) is 6.07 Å². The Balaban J connectivity index is 3.95. The molecule has 2 amide bonds. The van der Waals surface area contributed by atoms with Crippen molar-refractivity contribution in [3.63, 3.8) is 0 Å². The molecule has 0 fully saturated rings. The van der Waals surface area contributed by atoms with Gasteiger partial charge in [-0.3, -0.25) is 39.9 Å². The summed E-state index contributed by atoms with van der Waals surface area (Å²) in [5.74, 6) is -1.75. The first-order valence-corrected chi connectivity index (χ1v) is 5.75. The van der Waals surface area contributed by atoms with Crippen LogP contribution in [-0.4, -0.2) is 26.6 Å². The van der Waals surface area contributed by atoms with E-state index in [1.54, 1.807) is 0 Å². The van der Waals surface area contributed by atoms with E-state index in [4.69, 9.17) is 0 Å². The summed E-state index contributed by atoms with van der Waals surface area (Å²) in [7, 11) is 0. The van der Waals surface area contributed by atoms with Gasteiger partial charge in [-0.05, 0) is 0 Å². The number of carbonyl (C=O) groups excluding carboxylic acids is 2. The lowest BCUT2D eigenvalue weighted by atomic mass is 10.1. The lowest BCUT2D eigenvalue weighted by Crippen LogP contribution is -2.15. The molecule has 2 N–H and O–H groups in total. The quantitative estimate of drug-likeness (QED) is 0.598. The highest BCUT2D eigenvalue weighted by Gasteiger charge is 2.37. The third-order valence-electron chi connectivity index (χ3n) is 2.44. The highest BCUT2D eigenvalue weighted by molar-refractivity contribution is 6.03. The molecule has 1 aromatic rings. The van der Waals surface area contributed by atoms with Crippen LogP contribution in [0.5, 0.6) is 0 Å². The van der Waals surface area contributed by atoms with Crippen LogP contribution < -0.4 is 10.6 Å². The van der Waals surface area contributed by atoms with E-state index in [1.165, 1.54) is 0 Å². The van der Waals surface area contributed by atoms with Crippen LogP contribution in [-0.2, 0) is 9.59 Å². The maximum atomic E-state index is 11.2. The van der Waals surface area contributed by atoms with Crippen LogP contribution in [0.3, 0.4) is 0 Å². The molecular weight excluding hydrogens is 318 g/mol. The summed E-state index contributed by atoms with van der Waals surface area (Å²) in [5, 5.41) is 37.0. The molecule has 0 unspecified atom stereocenters. The van der Waals surface area contributed by atoms with Gasteiger partial charge in [0.2, 0.25) is 23.2 Å². The summed E-state index contributed by atoms with van der Waals surface area (Å²) >= 11 is 0. The Morgan fingerprint density at radius 2 is 1.17 bits per heavy atom. The Labute approximate surface area is 126 Å². The Morgan fingerprint density at radius 3 is 1.39 bits per heavy atom. The average molecular weight is 327 g/mol. The molecular formula is C10H9N5O8. The van der Waals surface area contributed by atoms with Crippen LogP contribution in [0, 0.1) is 30.3 Å². The molecule has 13 heteroatoms. The van der Waals surface area contributed by atoms with Crippen molar-refractivity contribution in [1.29, 1.82) is 0 Å². The number of benzene rings is 1. The highest BCUT2D eigenvalue weighted by Crippen LogP contribution is 2.46. The van der Waals surface area contributed by atoms with E-state index < -0.39 is 55.0 Å². The number of nitrogens with one attached hydrogen (secondary N) is 2. The third kappa shape index (κ3) is 3.72. The van der Waals surface area contributed by atoms with E-state index in [0.717, 1.165) is 13.8 Å². The molecule has 0 spiro atoms. The second-order valence-corrected chi connectivity index (χ2v) is 4.15. The topological polar surface area (TPSA) is 188 Å². The van der Waals surface area contributed by atoms with Crippen molar-refractivity contribution < 1.29 is 24.4 Å². The summed E-state index contributed by atoms with van der Waals surface area (Å²) in [5.41, 5.74) is -4.97. The summed E-state index contributed by atoms with van der Waals surface area (Å²) in [6, 6.07) is 0.420. The minimum absolute atomic E-state index is 0.420. The molecule has 0 heterocycles. The Kier molecular flexibility index (Phi) is 4.86. The molecule has 23 heavy (non-hydrogen) atoms. The van der Waals surface area contributed by atoms with Gasteiger partial charge in [0.25, 0.3) is 0 Å². The van der Waals surface area contributed by atoms with Crippen LogP contribution in [0.4, 0.5) is 28.4 Å². The first kappa shape index (κ1) is 17.4. The molecule has 0 aliphatic rings. The fraction of sp³-hybridized carbons (Fsp3) is 0.200. The Bertz CT molecular complexity index is 691. The van der Waals surface area contributed by atoms with E-state index in [1.807, 2.05) is 10.6 Å². The number of nitrogens with zero attached hydrogens (tertiary/aromatic N) is 3. The van der Waals surface area contributed by atoms with Crippen molar-refractivity contribution in [1.82, 2.24) is 0 Å². The summed E-state index contributed by atoms with van der Waals surface area (Å²) in [4.78, 5) is 52.1. The van der Waals surface area contributed by atoms with Gasteiger partial charge in [0, 0.05) is 13.8 Å². The summed E-state index contributed by atoms with van der Waals surface area (Å²) < 4.78 is 0. The monoisotopic (exact) mass is 327 g/mol. The van der Waals surface area contributed by atoms with Gasteiger partial charge >= 0.3 is 17.1 Å². The van der Waals surface area contributed by atoms with Crippen LogP contribution >= 0.6 is 0 Å². The van der Waals surface area contributed by atoms with E-state index in [0.29, 0.717) is 6.07 Å². The molecule has 1 aromatic carbocycles. The molecule has 0 bridgehead atoms. The Hall–Kier alpha value is -3.64. The molecule has 0 radical (unpaired) electrons. The number of hydrogen-bond acceptors (Lipinski definition) is 8. The first-order chi connectivity index (χ1) is 10.6. The fourth-order valence-corrected chi connectivity index (χ4v) is 1.71. The van der Waals surface area contributed by atoms with Gasteiger partial charge in [-0.2, -0.15) is 0 Å². The van der Waals surface area contributed by atoms with Crippen molar-refractivity contribution in [2.24, 2.45) is 0 Å². The van der Waals surface area contributed by atoms with Gasteiger partial charge in [-0.1, -0.05) is 0 Å². The van der Waals surface area contributed by atoms with Gasteiger partial charge in [-0.15, -0.1) is 0 Å². The van der Waals surface area contributed by atoms with E-state index in [9.17, 15) is 39.9 Å². The fourth-order valence-electron chi connectivity index (χ4n) is 1.71. The maximum absolute atomic E-state index is 11.2. The van der Waals surface area contributed by atoms with Crippen molar-refractivity contribution in [2.45, 2.75) is 13.8 Å². The van der Waals surface area contributed by atoms with Gasteiger partial charge in [-0.25, -0.2) is 0 Å². The molecule has 1 rings (SSSR count). The van der Waals surface area contributed by atoms with Crippen molar-refractivity contribution in [2.75, 3.05) is 10.6 Å². The number of rotatable bonds is 5. The SMILES string of the molecule is CC(=O)Nc1c([N+](=O)[O-])cc([N+](=O)[O-])c(NC(C)=O)c1[N+](=O)[O-]. The lowest BCUT2D eigenvalue weighted by molar-refractivity contribution is -0.400. The molecule has 0 aliphatic heterocycles. The molecule has 0 atom stereocenters. The second-order valence-electron chi connectivity index (χ2n) is 4.15. The number of carbonyl (C=O) groups is 2. The predicted octanol–water partition coefficient (Wildman–Crippen LogP) is 1.33. The standard InChI is InChI=1S/C10H9N5O8/c1-4(16)11-8-6(13(18)19)3-7(14(20)21)9(12-5(2)17)10(8)15(22)23/h3H,1-2H3,(H,11,16)(H,12,17). The molecule has 0 aliphatic carbocycles. The highest BCUT2D eigenvalue weighted by atomic mass is 16.6. The van der Waals surface area contributed by atoms with Crippen LogP contribution in [0.25, 0.3) is 0 Å². The zero-order valence-corrected chi connectivity index (χ0v) is 11.7. The molecule has 0 saturated carbocycles. The van der Waals surface area contributed by atoms with E-state index in [2.05, 4.69) is 0 Å². The maximum Gasteiger partial charge on any atom is 0.330 e. The zero-order valence-electron chi connectivity index (χ0n) is 11.7. The van der Waals surface area contributed by atoms with Crippen LogP contribution in [0.1, 0.15) is 13.8 Å². The number of hydrogen-bond donors (Lipinski definition) is 2. The molecule has 0 saturated heterocycles. The van der Waals surface area contributed by atoms with Crippen molar-refractivity contribution in [3.05, 3.63) is 36.4 Å². The van der Waals surface area contributed by atoms with Gasteiger partial charge in [0.1, 0.15) is 0 Å². The summed E-state index contributed by atoms with van der Waals surface area (Å²) in [6.07, 6.45) is 0. The van der Waals surface area contributed by atoms with Gasteiger partial charge in [0.05, 0.1) is 20.8 Å². The van der Waals surface area contributed by atoms with E-state index in [-0.39, 0.29) is 0 Å².